The van der Waals surface area contributed by atoms with Crippen LogP contribution in [0.3, 0.4) is 0 Å². The van der Waals surface area contributed by atoms with E-state index in [1.165, 1.54) is 0 Å². The number of fused-ring (bicyclic) bond motifs is 1. The Kier molecular flexibility index (Phi) is 4.75. The van der Waals surface area contributed by atoms with Crippen molar-refractivity contribution in [2.45, 2.75) is 25.9 Å². The van der Waals surface area contributed by atoms with E-state index in [0.717, 1.165) is 35.1 Å². The summed E-state index contributed by atoms with van der Waals surface area (Å²) >= 11 is 0. The maximum atomic E-state index is 13.1. The zero-order valence-corrected chi connectivity index (χ0v) is 17.2. The zero-order valence-electron chi connectivity index (χ0n) is 17.2. The molecule has 5 rings (SSSR count). The standard InChI is InChI=1S/C24H22N6O/c1-16-8-17(14-30(16)24(31)21-5-3-2-4-19(21)10-25)13-29-15-26-22-9-18(6-7-23(22)29)20-11-27-28-12-20/h2-7,9,11-12,15-17H,8,13-14H2,1H3,(H,27,28)/t16-,17-/m0/s1. The maximum absolute atomic E-state index is 13.1. The minimum Gasteiger partial charge on any atom is -0.336 e. The number of hydrogen-bond donors (Lipinski definition) is 1. The third-order valence-corrected chi connectivity index (χ3v) is 6.11. The molecule has 0 unspecified atom stereocenters. The number of carbonyl (C=O) groups is 1. The molecule has 154 valence electrons. The minimum absolute atomic E-state index is 0.0626. The maximum Gasteiger partial charge on any atom is 0.255 e. The van der Waals surface area contributed by atoms with Crippen molar-refractivity contribution in [1.82, 2.24) is 24.6 Å². The number of imidazole rings is 1. The van der Waals surface area contributed by atoms with Crippen LogP contribution in [0.1, 0.15) is 29.3 Å². The molecule has 3 heterocycles. The topological polar surface area (TPSA) is 90.6 Å². The van der Waals surface area contributed by atoms with E-state index in [2.05, 4.69) is 50.9 Å². The average molecular weight is 410 g/mol. The quantitative estimate of drug-likeness (QED) is 0.553. The van der Waals surface area contributed by atoms with Crippen LogP contribution in [0.2, 0.25) is 0 Å². The van der Waals surface area contributed by atoms with Crippen LogP contribution in [0.15, 0.2) is 61.2 Å². The van der Waals surface area contributed by atoms with Crippen LogP contribution in [0, 0.1) is 17.2 Å². The number of carbonyl (C=O) groups excluding carboxylic acids is 1. The van der Waals surface area contributed by atoms with Crippen LogP contribution in [0.5, 0.6) is 0 Å². The Morgan fingerprint density at radius 1 is 1.26 bits per heavy atom. The van der Waals surface area contributed by atoms with Crippen molar-refractivity contribution in [2.24, 2.45) is 5.92 Å². The first-order valence-corrected chi connectivity index (χ1v) is 10.4. The molecule has 1 aliphatic rings. The number of H-pyrrole nitrogens is 1. The predicted octanol–water partition coefficient (Wildman–Crippen LogP) is 3.85. The number of rotatable bonds is 4. The van der Waals surface area contributed by atoms with Crippen molar-refractivity contribution in [3.8, 4) is 17.2 Å². The summed E-state index contributed by atoms with van der Waals surface area (Å²) in [6.07, 6.45) is 6.47. The SMILES string of the molecule is C[C@H]1C[C@@H](Cn2cnc3cc(-c4cn[nH]c4)ccc32)CN1C(=O)c1ccccc1C#N. The molecule has 1 saturated heterocycles. The highest BCUT2D eigenvalue weighted by molar-refractivity contribution is 5.97. The first-order chi connectivity index (χ1) is 15.1. The molecule has 4 aromatic rings. The highest BCUT2D eigenvalue weighted by Gasteiger charge is 2.34. The molecular weight excluding hydrogens is 388 g/mol. The molecule has 1 aliphatic heterocycles. The van der Waals surface area contributed by atoms with E-state index < -0.39 is 0 Å². The van der Waals surface area contributed by atoms with Crippen molar-refractivity contribution >= 4 is 16.9 Å². The fourth-order valence-corrected chi connectivity index (χ4v) is 4.56. The lowest BCUT2D eigenvalue weighted by Gasteiger charge is -2.22. The normalized spacial score (nSPS) is 18.4. The Morgan fingerprint density at radius 3 is 2.94 bits per heavy atom. The predicted molar refractivity (Wildman–Crippen MR) is 117 cm³/mol. The fraction of sp³-hybridized carbons (Fsp3) is 0.250. The molecule has 1 amide bonds. The molecule has 7 heteroatoms. The third kappa shape index (κ3) is 3.46. The van der Waals surface area contributed by atoms with E-state index in [1.54, 1.807) is 24.4 Å². The molecule has 0 radical (unpaired) electrons. The lowest BCUT2D eigenvalue weighted by Crippen LogP contribution is -2.34. The molecule has 1 fully saturated rings. The Morgan fingerprint density at radius 2 is 2.13 bits per heavy atom. The van der Waals surface area contributed by atoms with Gasteiger partial charge in [0.15, 0.2) is 0 Å². The van der Waals surface area contributed by atoms with Crippen LogP contribution >= 0.6 is 0 Å². The Bertz CT molecular complexity index is 1280. The number of likely N-dealkylation sites (tertiary alicyclic amines) is 1. The number of hydrogen-bond acceptors (Lipinski definition) is 4. The van der Waals surface area contributed by atoms with Crippen LogP contribution in [0.4, 0.5) is 0 Å². The Hall–Kier alpha value is -3.92. The summed E-state index contributed by atoms with van der Waals surface area (Å²) in [6.45, 7) is 3.55. The van der Waals surface area contributed by atoms with Gasteiger partial charge in [0, 0.05) is 30.9 Å². The summed E-state index contributed by atoms with van der Waals surface area (Å²) in [5.74, 6) is 0.270. The number of amides is 1. The molecule has 2 atom stereocenters. The summed E-state index contributed by atoms with van der Waals surface area (Å²) in [4.78, 5) is 19.6. The van der Waals surface area contributed by atoms with Gasteiger partial charge in [-0.05, 0) is 49.1 Å². The first kappa shape index (κ1) is 19.1. The molecular formula is C24H22N6O. The molecule has 7 nitrogen and oxygen atoms in total. The van der Waals surface area contributed by atoms with Gasteiger partial charge in [0.1, 0.15) is 0 Å². The lowest BCUT2D eigenvalue weighted by atomic mass is 10.1. The molecule has 1 N–H and O–H groups in total. The number of nitrogens with one attached hydrogen (secondary N) is 1. The van der Waals surface area contributed by atoms with Gasteiger partial charge >= 0.3 is 0 Å². The summed E-state index contributed by atoms with van der Waals surface area (Å²) in [6, 6.07) is 15.5. The monoisotopic (exact) mass is 410 g/mol. The molecule has 0 spiro atoms. The van der Waals surface area contributed by atoms with Gasteiger partial charge in [-0.15, -0.1) is 0 Å². The Balaban J connectivity index is 1.34. The molecule has 31 heavy (non-hydrogen) atoms. The summed E-state index contributed by atoms with van der Waals surface area (Å²) in [5, 5.41) is 16.2. The number of nitrogens with zero attached hydrogens (tertiary/aromatic N) is 5. The van der Waals surface area contributed by atoms with Crippen LogP contribution < -0.4 is 0 Å². The number of benzene rings is 2. The van der Waals surface area contributed by atoms with Gasteiger partial charge < -0.3 is 9.47 Å². The summed E-state index contributed by atoms with van der Waals surface area (Å²) < 4.78 is 2.17. The van der Waals surface area contributed by atoms with Crippen LogP contribution in [-0.4, -0.2) is 43.1 Å². The van der Waals surface area contributed by atoms with E-state index >= 15 is 0 Å². The second kappa shape index (κ2) is 7.73. The van der Waals surface area contributed by atoms with Crippen molar-refractivity contribution in [1.29, 1.82) is 5.26 Å². The smallest absolute Gasteiger partial charge is 0.255 e. The molecule has 0 saturated carbocycles. The van der Waals surface area contributed by atoms with Crippen LogP contribution in [0.25, 0.3) is 22.2 Å². The molecule has 0 aliphatic carbocycles. The third-order valence-electron chi connectivity index (χ3n) is 6.11. The second-order valence-electron chi connectivity index (χ2n) is 8.15. The van der Waals surface area contributed by atoms with Gasteiger partial charge in [-0.1, -0.05) is 18.2 Å². The first-order valence-electron chi connectivity index (χ1n) is 10.4. The molecule has 2 aromatic heterocycles. The van der Waals surface area contributed by atoms with Crippen molar-refractivity contribution in [3.05, 3.63) is 72.3 Å². The second-order valence-corrected chi connectivity index (χ2v) is 8.15. The summed E-state index contributed by atoms with van der Waals surface area (Å²) in [5.41, 5.74) is 5.05. The van der Waals surface area contributed by atoms with Crippen molar-refractivity contribution < 1.29 is 4.79 Å². The number of nitriles is 1. The van der Waals surface area contributed by atoms with E-state index in [1.807, 2.05) is 23.5 Å². The summed E-state index contributed by atoms with van der Waals surface area (Å²) in [7, 11) is 0. The molecule has 2 aromatic carbocycles. The van der Waals surface area contributed by atoms with Gasteiger partial charge in [-0.3, -0.25) is 9.89 Å². The highest BCUT2D eigenvalue weighted by atomic mass is 16.2. The van der Waals surface area contributed by atoms with Gasteiger partial charge in [0.25, 0.3) is 5.91 Å². The van der Waals surface area contributed by atoms with E-state index in [9.17, 15) is 10.1 Å². The molecule has 0 bridgehead atoms. The van der Waals surface area contributed by atoms with Crippen molar-refractivity contribution in [3.63, 3.8) is 0 Å². The number of aromatic nitrogens is 4. The van der Waals surface area contributed by atoms with Gasteiger partial charge in [0.2, 0.25) is 0 Å². The van der Waals surface area contributed by atoms with Crippen LogP contribution in [-0.2, 0) is 6.54 Å². The van der Waals surface area contributed by atoms with Crippen molar-refractivity contribution in [2.75, 3.05) is 6.54 Å². The van der Waals surface area contributed by atoms with Gasteiger partial charge in [0.05, 0.1) is 40.8 Å². The minimum atomic E-state index is -0.0626. The van der Waals surface area contributed by atoms with E-state index in [0.29, 0.717) is 23.6 Å². The highest BCUT2D eigenvalue weighted by Crippen LogP contribution is 2.29. The Labute approximate surface area is 179 Å². The van der Waals surface area contributed by atoms with Gasteiger partial charge in [-0.2, -0.15) is 10.4 Å². The number of aromatic amines is 1. The fourth-order valence-electron chi connectivity index (χ4n) is 4.56. The lowest BCUT2D eigenvalue weighted by molar-refractivity contribution is 0.0742. The van der Waals surface area contributed by atoms with E-state index in [-0.39, 0.29) is 11.9 Å². The largest absolute Gasteiger partial charge is 0.336 e. The van der Waals surface area contributed by atoms with Gasteiger partial charge in [-0.25, -0.2) is 4.98 Å². The zero-order chi connectivity index (χ0) is 21.4. The van der Waals surface area contributed by atoms with E-state index in [4.69, 9.17) is 0 Å². The average Bonchev–Trinajstić information content (AvgIpc) is 3.54.